The van der Waals surface area contributed by atoms with Crippen molar-refractivity contribution in [2.24, 2.45) is 7.05 Å². The van der Waals surface area contributed by atoms with Gasteiger partial charge in [-0.1, -0.05) is 22.0 Å². The Labute approximate surface area is 183 Å². The van der Waals surface area contributed by atoms with E-state index in [1.54, 1.807) is 38.6 Å². The Hall–Kier alpha value is -2.87. The predicted octanol–water partition coefficient (Wildman–Crippen LogP) is 4.18. The number of hydrogen-bond acceptors (Lipinski definition) is 4. The van der Waals surface area contributed by atoms with Gasteiger partial charge in [0.2, 0.25) is 5.91 Å². The van der Waals surface area contributed by atoms with E-state index in [4.69, 9.17) is 9.47 Å². The molecule has 3 aromatic rings. The van der Waals surface area contributed by atoms with Crippen LogP contribution < -0.4 is 14.8 Å². The summed E-state index contributed by atoms with van der Waals surface area (Å²) in [5.41, 5.74) is 1.26. The third kappa shape index (κ3) is 5.18. The number of carbonyl (C=O) groups excluding carboxylic acids is 1. The van der Waals surface area contributed by atoms with Crippen molar-refractivity contribution in [3.05, 3.63) is 76.0 Å². The fraction of sp³-hybridized carbons (Fsp3) is 0.273. The molecule has 30 heavy (non-hydrogen) atoms. The topological polar surface area (TPSA) is 65.4 Å². The summed E-state index contributed by atoms with van der Waals surface area (Å²) in [5, 5.41) is 3.02. The number of nitrogens with zero attached hydrogens (tertiary/aromatic N) is 2. The Bertz CT molecular complexity index is 1020. The quantitative estimate of drug-likeness (QED) is 0.530. The van der Waals surface area contributed by atoms with Crippen LogP contribution in [0.1, 0.15) is 29.4 Å². The van der Waals surface area contributed by atoms with Gasteiger partial charge >= 0.3 is 0 Å². The van der Waals surface area contributed by atoms with Gasteiger partial charge in [0, 0.05) is 36.4 Å². The monoisotopic (exact) mass is 475 g/mol. The number of aromatic nitrogens is 2. The largest absolute Gasteiger partial charge is 0.497 e. The second kappa shape index (κ2) is 9.75. The van der Waals surface area contributed by atoms with Crippen molar-refractivity contribution >= 4 is 21.8 Å². The van der Waals surface area contributed by atoms with Crippen molar-refractivity contribution in [3.63, 3.8) is 0 Å². The minimum absolute atomic E-state index is 0.139. The Morgan fingerprint density at radius 3 is 2.47 bits per heavy atom. The zero-order chi connectivity index (χ0) is 21.7. The third-order valence-electron chi connectivity index (χ3n) is 4.77. The van der Waals surface area contributed by atoms with E-state index >= 15 is 0 Å². The van der Waals surface area contributed by atoms with Crippen LogP contribution in [0.3, 0.4) is 0 Å². The average Bonchev–Trinajstić information content (AvgIpc) is 3.16. The maximum absolute atomic E-state index is 14.1. The zero-order valence-electron chi connectivity index (χ0n) is 17.0. The summed E-state index contributed by atoms with van der Waals surface area (Å²) >= 11 is 3.24. The molecule has 0 bridgehead atoms. The van der Waals surface area contributed by atoms with E-state index in [9.17, 15) is 9.18 Å². The van der Waals surface area contributed by atoms with Gasteiger partial charge in [0.15, 0.2) is 0 Å². The molecule has 2 aromatic carbocycles. The number of methoxy groups -OCH3 is 2. The highest BCUT2D eigenvalue weighted by atomic mass is 79.9. The van der Waals surface area contributed by atoms with Crippen molar-refractivity contribution in [3.8, 4) is 11.5 Å². The van der Waals surface area contributed by atoms with Crippen LogP contribution in [0.2, 0.25) is 0 Å². The molecule has 0 saturated carbocycles. The van der Waals surface area contributed by atoms with Crippen molar-refractivity contribution in [2.75, 3.05) is 14.2 Å². The molecule has 0 saturated heterocycles. The Morgan fingerprint density at radius 2 is 1.90 bits per heavy atom. The van der Waals surface area contributed by atoms with Crippen LogP contribution in [0, 0.1) is 5.82 Å². The smallest absolute Gasteiger partial charge is 0.221 e. The number of halogens is 2. The fourth-order valence-corrected chi connectivity index (χ4v) is 3.49. The predicted molar refractivity (Wildman–Crippen MR) is 115 cm³/mol. The summed E-state index contributed by atoms with van der Waals surface area (Å²) < 4.78 is 27.3. The SMILES string of the molecule is COc1cc(OC)cc(C(NC(=O)CCc2ccc(Br)cc2F)c2nccn2C)c1. The summed E-state index contributed by atoms with van der Waals surface area (Å²) in [6.07, 6.45) is 3.91. The first-order chi connectivity index (χ1) is 14.4. The second-order valence-corrected chi connectivity index (χ2v) is 7.69. The number of imidazole rings is 1. The van der Waals surface area contributed by atoms with Gasteiger partial charge in [-0.05, 0) is 41.8 Å². The molecule has 1 aromatic heterocycles. The molecule has 0 aliphatic heterocycles. The Kier molecular flexibility index (Phi) is 7.10. The van der Waals surface area contributed by atoms with Gasteiger partial charge in [-0.25, -0.2) is 9.37 Å². The first-order valence-corrected chi connectivity index (χ1v) is 10.1. The maximum atomic E-state index is 14.1. The molecule has 3 rings (SSSR count). The van der Waals surface area contributed by atoms with Crippen LogP contribution in [-0.4, -0.2) is 29.7 Å². The Balaban J connectivity index is 1.83. The van der Waals surface area contributed by atoms with Crippen molar-refractivity contribution in [1.82, 2.24) is 14.9 Å². The van der Waals surface area contributed by atoms with Crippen LogP contribution in [0.15, 0.2) is 53.3 Å². The van der Waals surface area contributed by atoms with Gasteiger partial charge in [0.25, 0.3) is 0 Å². The van der Waals surface area contributed by atoms with Crippen LogP contribution in [0.25, 0.3) is 0 Å². The lowest BCUT2D eigenvalue weighted by atomic mass is 10.0. The third-order valence-corrected chi connectivity index (χ3v) is 5.26. The van der Waals surface area contributed by atoms with Gasteiger partial charge in [-0.3, -0.25) is 4.79 Å². The van der Waals surface area contributed by atoms with Crippen molar-refractivity contribution in [1.29, 1.82) is 0 Å². The van der Waals surface area contributed by atoms with Crippen LogP contribution in [0.5, 0.6) is 11.5 Å². The minimum atomic E-state index is -0.517. The lowest BCUT2D eigenvalue weighted by molar-refractivity contribution is -0.121. The molecular formula is C22H23BrFN3O3. The standard InChI is InChI=1S/C22H23BrFN3O3/c1-27-9-8-25-22(27)21(15-10-17(29-2)13-18(11-15)30-3)26-20(28)7-5-14-4-6-16(23)12-19(14)24/h4,6,8-13,21H,5,7H2,1-3H3,(H,26,28). The summed E-state index contributed by atoms with van der Waals surface area (Å²) in [6.45, 7) is 0. The maximum Gasteiger partial charge on any atom is 0.221 e. The van der Waals surface area contributed by atoms with Gasteiger partial charge in [-0.2, -0.15) is 0 Å². The number of hydrogen-bond donors (Lipinski definition) is 1. The zero-order valence-corrected chi connectivity index (χ0v) is 18.6. The molecule has 1 unspecified atom stereocenters. The Morgan fingerprint density at radius 1 is 1.20 bits per heavy atom. The summed E-state index contributed by atoms with van der Waals surface area (Å²) in [6, 6.07) is 9.73. The van der Waals surface area contributed by atoms with Crippen molar-refractivity contribution in [2.45, 2.75) is 18.9 Å². The molecule has 1 N–H and O–H groups in total. The van der Waals surface area contributed by atoms with Crippen molar-refractivity contribution < 1.29 is 18.7 Å². The van der Waals surface area contributed by atoms with E-state index in [0.717, 1.165) is 5.56 Å². The highest BCUT2D eigenvalue weighted by molar-refractivity contribution is 9.10. The molecule has 1 amide bonds. The van der Waals surface area contributed by atoms with Gasteiger partial charge in [-0.15, -0.1) is 0 Å². The van der Waals surface area contributed by atoms with Crippen LogP contribution >= 0.6 is 15.9 Å². The van der Waals surface area contributed by atoms with Gasteiger partial charge < -0.3 is 19.4 Å². The molecular weight excluding hydrogens is 453 g/mol. The lowest BCUT2D eigenvalue weighted by Crippen LogP contribution is -2.31. The second-order valence-electron chi connectivity index (χ2n) is 6.78. The molecule has 1 heterocycles. The number of carbonyl (C=O) groups is 1. The molecule has 6 nitrogen and oxygen atoms in total. The molecule has 0 spiro atoms. The van der Waals surface area contributed by atoms with Gasteiger partial charge in [0.05, 0.1) is 14.2 Å². The lowest BCUT2D eigenvalue weighted by Gasteiger charge is -2.20. The highest BCUT2D eigenvalue weighted by Gasteiger charge is 2.22. The fourth-order valence-electron chi connectivity index (χ4n) is 3.15. The highest BCUT2D eigenvalue weighted by Crippen LogP contribution is 2.29. The molecule has 0 aliphatic rings. The van der Waals surface area contributed by atoms with E-state index in [-0.39, 0.29) is 18.1 Å². The van der Waals surface area contributed by atoms with Crippen LogP contribution in [-0.2, 0) is 18.3 Å². The van der Waals surface area contributed by atoms with E-state index in [0.29, 0.717) is 33.8 Å². The number of nitrogens with one attached hydrogen (secondary N) is 1. The number of amides is 1. The number of benzene rings is 2. The molecule has 0 fully saturated rings. The first-order valence-electron chi connectivity index (χ1n) is 9.34. The van der Waals surface area contributed by atoms with E-state index in [1.165, 1.54) is 6.07 Å². The molecule has 0 aliphatic carbocycles. The average molecular weight is 476 g/mol. The molecule has 158 valence electrons. The normalized spacial score (nSPS) is 11.8. The first kappa shape index (κ1) is 21.8. The van der Waals surface area contributed by atoms with Crippen LogP contribution in [0.4, 0.5) is 4.39 Å². The van der Waals surface area contributed by atoms with E-state index in [1.807, 2.05) is 29.9 Å². The summed E-state index contributed by atoms with van der Waals surface area (Å²) in [7, 11) is 5.00. The molecule has 8 heteroatoms. The van der Waals surface area contributed by atoms with E-state index in [2.05, 4.69) is 26.2 Å². The van der Waals surface area contributed by atoms with E-state index < -0.39 is 6.04 Å². The number of ether oxygens (including phenoxy) is 2. The summed E-state index contributed by atoms with van der Waals surface area (Å²) in [5.74, 6) is 1.32. The number of aryl methyl sites for hydroxylation is 2. The van der Waals surface area contributed by atoms with Gasteiger partial charge in [0.1, 0.15) is 29.2 Å². The molecule has 1 atom stereocenters. The number of rotatable bonds is 8. The minimum Gasteiger partial charge on any atom is -0.497 e. The molecule has 0 radical (unpaired) electrons. The summed E-state index contributed by atoms with van der Waals surface area (Å²) in [4.78, 5) is 17.2.